The number of hydrogen-bond acceptors (Lipinski definition) is 3. The summed E-state index contributed by atoms with van der Waals surface area (Å²) < 4.78 is 79.4. The molecule has 0 aromatic heterocycles. The summed E-state index contributed by atoms with van der Waals surface area (Å²) in [5.74, 6) is -0.773. The molecule has 0 spiro atoms. The highest BCUT2D eigenvalue weighted by Crippen LogP contribution is 2.52. The third kappa shape index (κ3) is 8.52. The number of unbranched alkanes of at least 4 members (excludes halogenated alkanes) is 1. The Balaban J connectivity index is 1.05. The minimum Gasteiger partial charge on any atom is -0.346 e. The highest BCUT2D eigenvalue weighted by Gasteiger charge is 2.49. The molecule has 0 bridgehead atoms. The van der Waals surface area contributed by atoms with Crippen LogP contribution in [-0.2, 0) is 22.8 Å². The smallest absolute Gasteiger partial charge is 0.346 e. The van der Waals surface area contributed by atoms with Gasteiger partial charge in [-0.2, -0.15) is 26.3 Å². The van der Waals surface area contributed by atoms with Crippen molar-refractivity contribution in [3.8, 4) is 22.3 Å². The summed E-state index contributed by atoms with van der Waals surface area (Å²) in [5, 5.41) is 5.16. The number of nitrogens with zero attached hydrogens (tertiary/aromatic N) is 1. The molecule has 11 heteroatoms. The monoisotopic (exact) mass is 781 g/mol. The largest absolute Gasteiger partial charge is 0.416 e. The van der Waals surface area contributed by atoms with Gasteiger partial charge in [0.25, 0.3) is 5.91 Å². The van der Waals surface area contributed by atoms with Gasteiger partial charge in [0.2, 0.25) is 5.91 Å². The van der Waals surface area contributed by atoms with E-state index in [0.717, 1.165) is 83.5 Å². The van der Waals surface area contributed by atoms with E-state index in [0.29, 0.717) is 35.2 Å². The van der Waals surface area contributed by atoms with Crippen molar-refractivity contribution in [1.82, 2.24) is 5.32 Å². The lowest BCUT2D eigenvalue weighted by atomic mass is 9.73. The Bertz CT molecular complexity index is 2270. The van der Waals surface area contributed by atoms with E-state index in [4.69, 9.17) is 4.99 Å². The fourth-order valence-electron chi connectivity index (χ4n) is 8.33. The zero-order valence-electron chi connectivity index (χ0n) is 31.2. The molecule has 2 aliphatic rings. The van der Waals surface area contributed by atoms with Gasteiger partial charge in [0.05, 0.1) is 11.3 Å². The van der Waals surface area contributed by atoms with Crippen molar-refractivity contribution in [3.05, 3.63) is 143 Å². The van der Waals surface area contributed by atoms with Crippen LogP contribution < -0.4 is 10.6 Å². The first kappa shape index (κ1) is 39.5. The molecule has 0 fully saturated rings. The van der Waals surface area contributed by atoms with Crippen LogP contribution in [0.5, 0.6) is 0 Å². The number of rotatable bonds is 10. The molecule has 1 aliphatic carbocycles. The topological polar surface area (TPSA) is 70.6 Å². The SMILES string of the molecule is CC1=Nc2cc(NC(=O)c3ccccc3-c3ccc(C(F)(F)F)cc3)ccc2C[C@@H](CCCCC2(C(=O)NCC(F)(F)F)c3ccccc3-c3ccccc32)CC1. The highest BCUT2D eigenvalue weighted by atomic mass is 19.4. The number of nitrogens with one attached hydrogen (secondary N) is 2. The molecule has 5 aromatic rings. The van der Waals surface area contributed by atoms with Gasteiger partial charge < -0.3 is 10.6 Å². The molecule has 1 atom stereocenters. The van der Waals surface area contributed by atoms with Crippen molar-refractivity contribution in [1.29, 1.82) is 0 Å². The zero-order valence-corrected chi connectivity index (χ0v) is 31.2. The third-order valence-corrected chi connectivity index (χ3v) is 11.1. The van der Waals surface area contributed by atoms with Gasteiger partial charge in [0.1, 0.15) is 12.0 Å². The van der Waals surface area contributed by atoms with Crippen LogP contribution in [0.4, 0.5) is 37.7 Å². The number of aliphatic imine (C=N–C) groups is 1. The summed E-state index contributed by atoms with van der Waals surface area (Å²) in [6.45, 7) is 0.567. The number of carbonyl (C=O) groups is 2. The Morgan fingerprint density at radius 2 is 1.40 bits per heavy atom. The number of anilines is 1. The maximum absolute atomic E-state index is 13.9. The number of hydrogen-bond donors (Lipinski definition) is 2. The fraction of sp³-hybridized carbons (Fsp3) is 0.283. The molecule has 5 aromatic carbocycles. The van der Waals surface area contributed by atoms with Gasteiger partial charge >= 0.3 is 12.4 Å². The van der Waals surface area contributed by atoms with Crippen molar-refractivity contribution in [2.45, 2.75) is 69.6 Å². The van der Waals surface area contributed by atoms with Crippen molar-refractivity contribution in [2.75, 3.05) is 11.9 Å². The second-order valence-electron chi connectivity index (χ2n) is 14.9. The van der Waals surface area contributed by atoms with Crippen molar-refractivity contribution in [3.63, 3.8) is 0 Å². The number of amides is 2. The summed E-state index contributed by atoms with van der Waals surface area (Å²) in [6.07, 6.45) is -4.01. The molecule has 2 N–H and O–H groups in total. The molecule has 57 heavy (non-hydrogen) atoms. The van der Waals surface area contributed by atoms with E-state index in [2.05, 4.69) is 10.6 Å². The second-order valence-corrected chi connectivity index (χ2v) is 14.9. The molecule has 7 rings (SSSR count). The fourth-order valence-corrected chi connectivity index (χ4v) is 8.33. The third-order valence-electron chi connectivity index (χ3n) is 11.1. The number of alkyl halides is 6. The average molecular weight is 782 g/mol. The highest BCUT2D eigenvalue weighted by molar-refractivity contribution is 6.09. The predicted molar refractivity (Wildman–Crippen MR) is 211 cm³/mol. The Hall–Kier alpha value is -5.71. The first-order valence-corrected chi connectivity index (χ1v) is 19.0. The Kier molecular flexibility index (Phi) is 11.1. The lowest BCUT2D eigenvalue weighted by molar-refractivity contribution is -0.141. The molecule has 0 saturated heterocycles. The van der Waals surface area contributed by atoms with E-state index in [1.807, 2.05) is 73.7 Å². The van der Waals surface area contributed by atoms with Gasteiger partial charge in [-0.05, 0) is 108 Å². The molecule has 2 amide bonds. The van der Waals surface area contributed by atoms with Gasteiger partial charge in [-0.3, -0.25) is 14.6 Å². The van der Waals surface area contributed by atoms with Crippen molar-refractivity contribution < 1.29 is 35.9 Å². The van der Waals surface area contributed by atoms with Gasteiger partial charge in [-0.1, -0.05) is 104 Å². The zero-order chi connectivity index (χ0) is 40.4. The van der Waals surface area contributed by atoms with Crippen LogP contribution in [0.1, 0.15) is 78.1 Å². The minimum atomic E-state index is -4.54. The normalized spacial score (nSPS) is 16.0. The number of benzene rings is 5. The Morgan fingerprint density at radius 1 is 0.772 bits per heavy atom. The number of fused-ring (bicyclic) bond motifs is 4. The molecule has 1 aliphatic heterocycles. The van der Waals surface area contributed by atoms with Crippen LogP contribution in [0.3, 0.4) is 0 Å². The van der Waals surface area contributed by atoms with E-state index in [1.165, 1.54) is 12.1 Å². The van der Waals surface area contributed by atoms with E-state index in [-0.39, 0.29) is 5.92 Å². The molecule has 0 unspecified atom stereocenters. The van der Waals surface area contributed by atoms with Crippen LogP contribution in [0.2, 0.25) is 0 Å². The first-order valence-electron chi connectivity index (χ1n) is 19.0. The van der Waals surface area contributed by atoms with E-state index in [1.54, 1.807) is 24.3 Å². The molecule has 5 nitrogen and oxygen atoms in total. The van der Waals surface area contributed by atoms with Gasteiger partial charge in [0.15, 0.2) is 0 Å². The van der Waals surface area contributed by atoms with Crippen LogP contribution in [0.15, 0.2) is 120 Å². The molecule has 0 radical (unpaired) electrons. The van der Waals surface area contributed by atoms with E-state index >= 15 is 0 Å². The molecule has 294 valence electrons. The van der Waals surface area contributed by atoms with Crippen LogP contribution in [-0.4, -0.2) is 30.2 Å². The average Bonchev–Trinajstić information content (AvgIpc) is 3.47. The first-order chi connectivity index (χ1) is 27.2. The van der Waals surface area contributed by atoms with Gasteiger partial charge in [0, 0.05) is 17.0 Å². The lowest BCUT2D eigenvalue weighted by Crippen LogP contribution is -2.47. The minimum absolute atomic E-state index is 0.281. The molecule has 1 heterocycles. The predicted octanol–water partition coefficient (Wildman–Crippen LogP) is 11.9. The van der Waals surface area contributed by atoms with Crippen molar-refractivity contribution in [2.24, 2.45) is 10.9 Å². The van der Waals surface area contributed by atoms with Crippen LogP contribution in [0, 0.1) is 5.92 Å². The molecule has 0 saturated carbocycles. The standard InChI is InChI=1S/C46H41F6N3O2/c1-29-17-18-30(10-8-9-25-44(43(57)53-28-45(47,48)49)39-15-6-4-12-36(39)37-13-5-7-16-40(37)44)26-32-21-24-34(27-41(32)54-29)55-42(56)38-14-3-2-11-35(38)31-19-22-33(23-20-31)46(50,51)52/h2-7,11-16,19-24,27,30H,8-10,17-18,25-26,28H2,1H3,(H,53,57)(H,55,56)/t30-/m0/s1. The maximum atomic E-state index is 13.9. The Labute approximate surface area is 327 Å². The lowest BCUT2D eigenvalue weighted by Gasteiger charge is -2.31. The van der Waals surface area contributed by atoms with Gasteiger partial charge in [-0.25, -0.2) is 0 Å². The molecular formula is C46H41F6N3O2. The number of carbonyl (C=O) groups excluding carboxylic acids is 2. The molecular weight excluding hydrogens is 741 g/mol. The second kappa shape index (κ2) is 16.0. The number of halogens is 6. The summed E-state index contributed by atoms with van der Waals surface area (Å²) in [4.78, 5) is 32.3. The van der Waals surface area contributed by atoms with Crippen LogP contribution >= 0.6 is 0 Å². The summed E-state index contributed by atoms with van der Waals surface area (Å²) in [5.41, 5.74) is 5.69. The summed E-state index contributed by atoms with van der Waals surface area (Å²) in [7, 11) is 0. The van der Waals surface area contributed by atoms with Crippen molar-refractivity contribution >= 4 is 28.9 Å². The van der Waals surface area contributed by atoms with E-state index < -0.39 is 41.7 Å². The van der Waals surface area contributed by atoms with Gasteiger partial charge in [-0.15, -0.1) is 0 Å². The summed E-state index contributed by atoms with van der Waals surface area (Å²) >= 11 is 0. The maximum Gasteiger partial charge on any atom is 0.416 e. The quantitative estimate of drug-likeness (QED) is 0.109. The Morgan fingerprint density at radius 3 is 2.05 bits per heavy atom. The van der Waals surface area contributed by atoms with Crippen LogP contribution in [0.25, 0.3) is 22.3 Å². The summed E-state index contributed by atoms with van der Waals surface area (Å²) in [6, 6.07) is 32.0. The van der Waals surface area contributed by atoms with E-state index in [9.17, 15) is 35.9 Å².